The number of phosphoric acid groups is 1. The Morgan fingerprint density at radius 2 is 1.59 bits per heavy atom. The Hall–Kier alpha value is -1.44. The molecule has 0 unspecified atom stereocenters. The minimum Gasteiger partial charge on any atom is -0.484 e. The van der Waals surface area contributed by atoms with Gasteiger partial charge in [-0.2, -0.15) is 4.65 Å². The fourth-order valence-electron chi connectivity index (χ4n) is 7.08. The number of hydroxylamine groups is 3. The molecule has 1 amide bonds. The van der Waals surface area contributed by atoms with Gasteiger partial charge in [0.25, 0.3) is 5.91 Å². The van der Waals surface area contributed by atoms with Gasteiger partial charge in [-0.15, -0.1) is 0 Å². The molecule has 0 radical (unpaired) electrons. The molecule has 4 saturated carbocycles. The second-order valence-corrected chi connectivity index (χ2v) is 11.9. The van der Waals surface area contributed by atoms with Crippen molar-refractivity contribution in [3.8, 4) is 5.75 Å². The van der Waals surface area contributed by atoms with E-state index in [4.69, 9.17) is 19.1 Å². The third-order valence-electron chi connectivity index (χ3n) is 8.21. The molecular formula is C23H34N2O6P+. The topological polar surface area (TPSA) is 96.3 Å². The van der Waals surface area contributed by atoms with Crippen molar-refractivity contribution in [2.75, 3.05) is 39.8 Å². The number of carbonyl (C=O) groups is 1. The molecule has 32 heavy (non-hydrogen) atoms. The zero-order valence-electron chi connectivity index (χ0n) is 18.7. The lowest BCUT2D eigenvalue weighted by Crippen LogP contribution is -2.58. The van der Waals surface area contributed by atoms with Gasteiger partial charge in [0.1, 0.15) is 18.8 Å². The minimum atomic E-state index is -4.57. The minimum absolute atomic E-state index is 0.0419. The standard InChI is InChI=1S/C23H33N2O6P/c1-25(31-32(27,28)29)8-6-24(7-9-25)22(26)16-30-21-4-2-20(3-5-21)23-13-17-10-18(14-23)12-19(11-17)15-23/h2-5,17-19H,6-16H2,1H3,(H-,27,28,29)/p+1. The fourth-order valence-corrected chi connectivity index (χ4v) is 7.76. The third kappa shape index (κ3) is 4.62. The number of likely N-dealkylation sites (N-methyl/N-ethyl adjacent to an activating group) is 1. The summed E-state index contributed by atoms with van der Waals surface area (Å²) in [7, 11) is -2.96. The molecule has 5 fully saturated rings. The number of benzene rings is 1. The number of carbonyl (C=O) groups excluding carboxylic acids is 1. The quantitative estimate of drug-likeness (QED) is 0.496. The van der Waals surface area contributed by atoms with Gasteiger partial charge in [0.2, 0.25) is 0 Å². The van der Waals surface area contributed by atoms with Crippen molar-refractivity contribution in [3.63, 3.8) is 0 Å². The molecule has 0 spiro atoms. The monoisotopic (exact) mass is 465 g/mol. The van der Waals surface area contributed by atoms with E-state index in [0.29, 0.717) is 37.3 Å². The molecule has 9 heteroatoms. The first-order valence-electron chi connectivity index (χ1n) is 11.7. The lowest BCUT2D eigenvalue weighted by Gasteiger charge is -2.57. The van der Waals surface area contributed by atoms with E-state index in [1.54, 1.807) is 11.9 Å². The first-order chi connectivity index (χ1) is 15.1. The summed E-state index contributed by atoms with van der Waals surface area (Å²) in [5.74, 6) is 3.30. The van der Waals surface area contributed by atoms with Crippen molar-refractivity contribution in [1.82, 2.24) is 4.90 Å². The summed E-state index contributed by atoms with van der Waals surface area (Å²) >= 11 is 0. The molecule has 0 atom stereocenters. The van der Waals surface area contributed by atoms with Gasteiger partial charge in [0, 0.05) is 0 Å². The Balaban J connectivity index is 1.14. The Bertz CT molecular complexity index is 870. The highest BCUT2D eigenvalue weighted by Gasteiger charge is 2.51. The molecule has 1 saturated heterocycles. The van der Waals surface area contributed by atoms with E-state index in [9.17, 15) is 9.36 Å². The summed E-state index contributed by atoms with van der Waals surface area (Å²) in [5, 5.41) is 0. The van der Waals surface area contributed by atoms with Gasteiger partial charge in [-0.3, -0.25) is 14.6 Å². The van der Waals surface area contributed by atoms with Crippen LogP contribution in [0.4, 0.5) is 0 Å². The van der Waals surface area contributed by atoms with Crippen molar-refractivity contribution in [2.45, 2.75) is 43.9 Å². The van der Waals surface area contributed by atoms with Crippen LogP contribution in [0.3, 0.4) is 0 Å². The van der Waals surface area contributed by atoms with Crippen LogP contribution in [0.15, 0.2) is 24.3 Å². The average molecular weight is 466 g/mol. The zero-order valence-corrected chi connectivity index (χ0v) is 19.6. The van der Waals surface area contributed by atoms with E-state index < -0.39 is 7.82 Å². The van der Waals surface area contributed by atoms with Gasteiger partial charge in [-0.05, 0) is 79.4 Å². The van der Waals surface area contributed by atoms with E-state index in [1.807, 2.05) is 12.1 Å². The van der Waals surface area contributed by atoms with Crippen molar-refractivity contribution >= 4 is 13.7 Å². The van der Waals surface area contributed by atoms with E-state index >= 15 is 0 Å². The van der Waals surface area contributed by atoms with Crippen LogP contribution >= 0.6 is 7.82 Å². The highest BCUT2D eigenvalue weighted by molar-refractivity contribution is 7.46. The van der Waals surface area contributed by atoms with Crippen LogP contribution in [0.5, 0.6) is 5.75 Å². The Morgan fingerprint density at radius 3 is 2.09 bits per heavy atom. The van der Waals surface area contributed by atoms with Crippen molar-refractivity contribution < 1.29 is 33.2 Å². The van der Waals surface area contributed by atoms with Gasteiger partial charge >= 0.3 is 7.82 Å². The highest BCUT2D eigenvalue weighted by Crippen LogP contribution is 2.60. The molecule has 8 nitrogen and oxygen atoms in total. The predicted molar refractivity (Wildman–Crippen MR) is 117 cm³/mol. The lowest BCUT2D eigenvalue weighted by atomic mass is 9.48. The van der Waals surface area contributed by atoms with Gasteiger partial charge in [0.05, 0.1) is 20.1 Å². The molecule has 1 aromatic carbocycles. The molecule has 6 rings (SSSR count). The number of hydrogen-bond donors (Lipinski definition) is 2. The van der Waals surface area contributed by atoms with Crippen molar-refractivity contribution in [1.29, 1.82) is 0 Å². The van der Waals surface area contributed by atoms with Crippen LogP contribution < -0.4 is 4.74 Å². The summed E-state index contributed by atoms with van der Waals surface area (Å²) in [5.41, 5.74) is 1.80. The lowest BCUT2D eigenvalue weighted by molar-refractivity contribution is -1.07. The molecule has 1 aliphatic heterocycles. The number of nitrogens with zero attached hydrogens (tertiary/aromatic N) is 2. The smallest absolute Gasteiger partial charge is 0.484 e. The SMILES string of the molecule is C[N+]1(OP(=O)(O)O)CCN(C(=O)COc2ccc(C34CC5CC(CC(C5)C3)C4)cc2)CC1. The number of amides is 1. The Labute approximate surface area is 189 Å². The summed E-state index contributed by atoms with van der Waals surface area (Å²) in [6, 6.07) is 8.41. The number of hydrogen-bond acceptors (Lipinski definition) is 4. The Morgan fingerprint density at radius 1 is 1.06 bits per heavy atom. The van der Waals surface area contributed by atoms with Crippen molar-refractivity contribution in [3.05, 3.63) is 29.8 Å². The predicted octanol–water partition coefficient (Wildman–Crippen LogP) is 2.85. The molecule has 1 heterocycles. The summed E-state index contributed by atoms with van der Waals surface area (Å²) in [6.45, 7) is 1.32. The molecule has 5 aliphatic rings. The molecule has 0 aromatic heterocycles. The maximum atomic E-state index is 12.6. The molecule has 1 aromatic rings. The fraction of sp³-hybridized carbons (Fsp3) is 0.696. The number of quaternary nitrogens is 1. The van der Waals surface area contributed by atoms with E-state index in [-0.39, 0.29) is 17.2 Å². The van der Waals surface area contributed by atoms with Crippen molar-refractivity contribution in [2.24, 2.45) is 17.8 Å². The van der Waals surface area contributed by atoms with Crippen LogP contribution in [-0.2, 0) is 19.4 Å². The van der Waals surface area contributed by atoms with Gasteiger partial charge in [-0.1, -0.05) is 16.8 Å². The number of piperazine rings is 1. The second kappa shape index (κ2) is 8.10. The third-order valence-corrected chi connectivity index (χ3v) is 8.82. The molecule has 4 aliphatic carbocycles. The summed E-state index contributed by atoms with van der Waals surface area (Å²) in [4.78, 5) is 32.3. The average Bonchev–Trinajstić information content (AvgIpc) is 2.70. The number of ether oxygens (including phenoxy) is 1. The first-order valence-corrected chi connectivity index (χ1v) is 13.3. The van der Waals surface area contributed by atoms with Crippen LogP contribution in [0.2, 0.25) is 0 Å². The summed E-state index contributed by atoms with van der Waals surface area (Å²) in [6.07, 6.45) is 8.29. The Kier molecular flexibility index (Phi) is 5.66. The van der Waals surface area contributed by atoms with Crippen LogP contribution in [0, 0.1) is 17.8 Å². The number of rotatable bonds is 6. The van der Waals surface area contributed by atoms with E-state index in [2.05, 4.69) is 12.1 Å². The van der Waals surface area contributed by atoms with E-state index in [1.165, 1.54) is 44.1 Å². The van der Waals surface area contributed by atoms with Gasteiger partial charge in [-0.25, -0.2) is 4.57 Å². The maximum absolute atomic E-state index is 12.6. The van der Waals surface area contributed by atoms with E-state index in [0.717, 1.165) is 17.8 Å². The van der Waals surface area contributed by atoms with Gasteiger partial charge in [0.15, 0.2) is 6.61 Å². The normalized spacial score (nSPS) is 33.3. The second-order valence-electron chi connectivity index (χ2n) is 10.7. The summed E-state index contributed by atoms with van der Waals surface area (Å²) < 4.78 is 21.6. The largest absolute Gasteiger partial charge is 0.515 e. The molecule has 176 valence electrons. The van der Waals surface area contributed by atoms with Gasteiger partial charge < -0.3 is 9.64 Å². The molecule has 4 bridgehead atoms. The molecule has 2 N–H and O–H groups in total. The highest BCUT2D eigenvalue weighted by atomic mass is 31.2. The van der Waals surface area contributed by atoms with Crippen LogP contribution in [0.25, 0.3) is 0 Å². The maximum Gasteiger partial charge on any atom is 0.515 e. The van der Waals surface area contributed by atoms with Crippen LogP contribution in [0.1, 0.15) is 44.1 Å². The molecular weight excluding hydrogens is 431 g/mol. The first kappa shape index (κ1) is 22.4. The zero-order chi connectivity index (χ0) is 22.6. The van der Waals surface area contributed by atoms with Crippen LogP contribution in [-0.4, -0.2) is 65.1 Å².